The number of halogens is 1. The SMILES string of the molecule is COc1ccc(C(=O)NC(C)c2ncn[nH]2)cc1Br. The number of hydrogen-bond acceptors (Lipinski definition) is 4. The van der Waals surface area contributed by atoms with Gasteiger partial charge in [0.15, 0.2) is 0 Å². The van der Waals surface area contributed by atoms with Crippen LogP contribution in [0.15, 0.2) is 29.0 Å². The van der Waals surface area contributed by atoms with E-state index < -0.39 is 0 Å². The van der Waals surface area contributed by atoms with E-state index in [9.17, 15) is 4.79 Å². The fourth-order valence-corrected chi connectivity index (χ4v) is 2.12. The van der Waals surface area contributed by atoms with Gasteiger partial charge in [-0.25, -0.2) is 4.98 Å². The molecule has 2 aromatic rings. The summed E-state index contributed by atoms with van der Waals surface area (Å²) in [5.74, 6) is 1.10. The highest BCUT2D eigenvalue weighted by Crippen LogP contribution is 2.25. The molecule has 7 heteroatoms. The molecule has 6 nitrogen and oxygen atoms in total. The van der Waals surface area contributed by atoms with E-state index >= 15 is 0 Å². The number of rotatable bonds is 4. The zero-order valence-electron chi connectivity index (χ0n) is 10.5. The number of aromatic nitrogens is 3. The lowest BCUT2D eigenvalue weighted by Gasteiger charge is -2.12. The van der Waals surface area contributed by atoms with Crippen LogP contribution < -0.4 is 10.1 Å². The third kappa shape index (κ3) is 3.11. The summed E-state index contributed by atoms with van der Waals surface area (Å²) in [6, 6.07) is 4.90. The average Bonchev–Trinajstić information content (AvgIpc) is 2.92. The molecule has 19 heavy (non-hydrogen) atoms. The normalized spacial score (nSPS) is 11.9. The minimum atomic E-state index is -0.240. The Kier molecular flexibility index (Phi) is 4.16. The molecule has 1 atom stereocenters. The fraction of sp³-hybridized carbons (Fsp3) is 0.250. The maximum Gasteiger partial charge on any atom is 0.251 e. The van der Waals surface area contributed by atoms with Crippen molar-refractivity contribution in [3.8, 4) is 5.75 Å². The van der Waals surface area contributed by atoms with Gasteiger partial charge in [-0.05, 0) is 41.1 Å². The van der Waals surface area contributed by atoms with Crippen molar-refractivity contribution in [3.63, 3.8) is 0 Å². The molecule has 1 unspecified atom stereocenters. The molecule has 1 aromatic heterocycles. The lowest BCUT2D eigenvalue weighted by Crippen LogP contribution is -2.27. The zero-order chi connectivity index (χ0) is 13.8. The lowest BCUT2D eigenvalue weighted by atomic mass is 10.2. The number of amides is 1. The van der Waals surface area contributed by atoms with E-state index in [1.807, 2.05) is 6.92 Å². The number of nitrogens with zero attached hydrogens (tertiary/aromatic N) is 2. The molecule has 0 radical (unpaired) electrons. The molecule has 0 aliphatic heterocycles. The van der Waals surface area contributed by atoms with Crippen LogP contribution in [-0.4, -0.2) is 28.2 Å². The van der Waals surface area contributed by atoms with Crippen LogP contribution in [0.2, 0.25) is 0 Å². The van der Waals surface area contributed by atoms with Gasteiger partial charge in [0.2, 0.25) is 0 Å². The molecule has 1 amide bonds. The standard InChI is InChI=1S/C12H13BrN4O2/c1-7(11-14-6-15-17-11)16-12(18)8-3-4-10(19-2)9(13)5-8/h3-7H,1-2H3,(H,16,18)(H,14,15,17). The molecular formula is C12H13BrN4O2. The van der Waals surface area contributed by atoms with Crippen molar-refractivity contribution in [1.82, 2.24) is 20.5 Å². The Morgan fingerprint density at radius 3 is 2.89 bits per heavy atom. The number of carbonyl (C=O) groups excluding carboxylic acids is 1. The molecule has 0 saturated heterocycles. The molecule has 2 rings (SSSR count). The summed E-state index contributed by atoms with van der Waals surface area (Å²) in [5.41, 5.74) is 0.541. The topological polar surface area (TPSA) is 79.9 Å². The van der Waals surface area contributed by atoms with Gasteiger partial charge in [-0.1, -0.05) is 0 Å². The fourth-order valence-electron chi connectivity index (χ4n) is 1.58. The first-order chi connectivity index (χ1) is 9.11. The Morgan fingerprint density at radius 1 is 1.53 bits per heavy atom. The third-order valence-electron chi connectivity index (χ3n) is 2.61. The lowest BCUT2D eigenvalue weighted by molar-refractivity contribution is 0.0938. The summed E-state index contributed by atoms with van der Waals surface area (Å²) in [7, 11) is 1.58. The monoisotopic (exact) mass is 324 g/mol. The first-order valence-corrected chi connectivity index (χ1v) is 6.40. The second-order valence-corrected chi connectivity index (χ2v) is 4.77. The van der Waals surface area contributed by atoms with Crippen LogP contribution in [0, 0.1) is 0 Å². The molecular weight excluding hydrogens is 312 g/mol. The predicted molar refractivity (Wildman–Crippen MR) is 73.0 cm³/mol. The Morgan fingerprint density at radius 2 is 2.32 bits per heavy atom. The van der Waals surface area contributed by atoms with Crippen molar-refractivity contribution < 1.29 is 9.53 Å². The largest absolute Gasteiger partial charge is 0.496 e. The quantitative estimate of drug-likeness (QED) is 0.902. The van der Waals surface area contributed by atoms with Crippen LogP contribution in [0.1, 0.15) is 29.1 Å². The Balaban J connectivity index is 2.10. The highest BCUT2D eigenvalue weighted by Gasteiger charge is 2.14. The van der Waals surface area contributed by atoms with Crippen molar-refractivity contribution in [2.45, 2.75) is 13.0 Å². The van der Waals surface area contributed by atoms with Gasteiger partial charge < -0.3 is 10.1 Å². The van der Waals surface area contributed by atoms with Gasteiger partial charge in [-0.2, -0.15) is 5.10 Å². The Bertz CT molecular complexity index is 571. The van der Waals surface area contributed by atoms with Crippen molar-refractivity contribution in [1.29, 1.82) is 0 Å². The molecule has 0 fully saturated rings. The summed E-state index contributed by atoms with van der Waals surface area (Å²) in [5, 5.41) is 9.30. The smallest absolute Gasteiger partial charge is 0.251 e. The first-order valence-electron chi connectivity index (χ1n) is 5.61. The molecule has 100 valence electrons. The van der Waals surface area contributed by atoms with Crippen LogP contribution >= 0.6 is 15.9 Å². The number of benzene rings is 1. The van der Waals surface area contributed by atoms with Gasteiger partial charge in [0.1, 0.15) is 17.9 Å². The molecule has 2 N–H and O–H groups in total. The molecule has 0 saturated carbocycles. The predicted octanol–water partition coefficient (Wildman–Crippen LogP) is 2.07. The highest BCUT2D eigenvalue weighted by atomic mass is 79.9. The van der Waals surface area contributed by atoms with Gasteiger partial charge in [0, 0.05) is 5.56 Å². The maximum absolute atomic E-state index is 12.1. The van der Waals surface area contributed by atoms with Crippen molar-refractivity contribution in [2.24, 2.45) is 0 Å². The van der Waals surface area contributed by atoms with E-state index in [4.69, 9.17) is 4.74 Å². The summed E-state index contributed by atoms with van der Waals surface area (Å²) in [4.78, 5) is 16.1. The van der Waals surface area contributed by atoms with E-state index in [-0.39, 0.29) is 11.9 Å². The van der Waals surface area contributed by atoms with Crippen molar-refractivity contribution in [3.05, 3.63) is 40.4 Å². The van der Waals surface area contributed by atoms with E-state index in [1.54, 1.807) is 25.3 Å². The molecule has 0 aliphatic carbocycles. The van der Waals surface area contributed by atoms with Crippen LogP contribution in [0.25, 0.3) is 0 Å². The van der Waals surface area contributed by atoms with Crippen LogP contribution in [0.4, 0.5) is 0 Å². The molecule has 1 aromatic carbocycles. The van der Waals surface area contributed by atoms with Gasteiger partial charge in [-0.15, -0.1) is 0 Å². The van der Waals surface area contributed by atoms with E-state index in [1.165, 1.54) is 6.33 Å². The second-order valence-electron chi connectivity index (χ2n) is 3.92. The van der Waals surface area contributed by atoms with Gasteiger partial charge >= 0.3 is 0 Å². The maximum atomic E-state index is 12.1. The summed E-state index contributed by atoms with van der Waals surface area (Å²) in [6.07, 6.45) is 1.40. The summed E-state index contributed by atoms with van der Waals surface area (Å²) >= 11 is 3.35. The minimum absolute atomic E-state index is 0.188. The Labute approximate surface area is 118 Å². The number of H-pyrrole nitrogens is 1. The number of carbonyl (C=O) groups is 1. The summed E-state index contributed by atoms with van der Waals surface area (Å²) in [6.45, 7) is 1.83. The second kappa shape index (κ2) is 5.83. The number of ether oxygens (including phenoxy) is 1. The van der Waals surface area contributed by atoms with Crippen LogP contribution in [0.5, 0.6) is 5.75 Å². The highest BCUT2D eigenvalue weighted by molar-refractivity contribution is 9.10. The van der Waals surface area contributed by atoms with Crippen molar-refractivity contribution >= 4 is 21.8 Å². The van der Waals surface area contributed by atoms with Gasteiger partial charge in [-0.3, -0.25) is 9.89 Å². The number of aromatic amines is 1. The number of hydrogen-bond donors (Lipinski definition) is 2. The number of nitrogens with one attached hydrogen (secondary N) is 2. The zero-order valence-corrected chi connectivity index (χ0v) is 12.1. The average molecular weight is 325 g/mol. The Hall–Kier alpha value is -1.89. The van der Waals surface area contributed by atoms with Crippen molar-refractivity contribution in [2.75, 3.05) is 7.11 Å². The third-order valence-corrected chi connectivity index (χ3v) is 3.23. The summed E-state index contributed by atoms with van der Waals surface area (Å²) < 4.78 is 5.85. The molecule has 0 spiro atoms. The van der Waals surface area contributed by atoms with Crippen LogP contribution in [0.3, 0.4) is 0 Å². The van der Waals surface area contributed by atoms with Gasteiger partial charge in [0.25, 0.3) is 5.91 Å². The minimum Gasteiger partial charge on any atom is -0.496 e. The van der Waals surface area contributed by atoms with Crippen LogP contribution in [-0.2, 0) is 0 Å². The van der Waals surface area contributed by atoms with E-state index in [2.05, 4.69) is 36.4 Å². The first kappa shape index (κ1) is 13.5. The van der Waals surface area contributed by atoms with E-state index in [0.717, 1.165) is 4.47 Å². The molecule has 1 heterocycles. The van der Waals surface area contributed by atoms with Gasteiger partial charge in [0.05, 0.1) is 17.6 Å². The molecule has 0 aliphatic rings. The van der Waals surface area contributed by atoms with E-state index in [0.29, 0.717) is 17.1 Å². The number of methoxy groups -OCH3 is 1. The molecule has 0 bridgehead atoms.